The maximum Gasteiger partial charge on any atom is 0.0620 e. The Kier molecular flexibility index (Phi) is 5.85. The molecule has 2 nitrogen and oxygen atoms in total. The van der Waals surface area contributed by atoms with E-state index in [4.69, 9.17) is 6.42 Å². The van der Waals surface area contributed by atoms with Crippen LogP contribution in [0.15, 0.2) is 37.0 Å². The lowest BCUT2D eigenvalue weighted by molar-refractivity contribution is 0.00392. The van der Waals surface area contributed by atoms with Gasteiger partial charge in [0.25, 0.3) is 0 Å². The molecule has 0 unspecified atom stereocenters. The van der Waals surface area contributed by atoms with Gasteiger partial charge in [-0.3, -0.25) is 0 Å². The molecule has 2 N–H and O–H groups in total. The van der Waals surface area contributed by atoms with Crippen LogP contribution in [0.2, 0.25) is 0 Å². The third-order valence-corrected chi connectivity index (χ3v) is 4.93. The molecule has 0 bridgehead atoms. The van der Waals surface area contributed by atoms with E-state index in [1.807, 2.05) is 6.08 Å². The van der Waals surface area contributed by atoms with Crippen molar-refractivity contribution in [1.82, 2.24) is 5.32 Å². The highest BCUT2D eigenvalue weighted by Gasteiger charge is 2.45. The second kappa shape index (κ2) is 7.64. The monoisotopic (exact) mass is 285 g/mol. The maximum absolute atomic E-state index is 10.4. The van der Waals surface area contributed by atoms with Crippen LogP contribution in [-0.2, 0) is 0 Å². The van der Waals surface area contributed by atoms with Gasteiger partial charge in [-0.25, -0.2) is 0 Å². The predicted octanol–water partition coefficient (Wildman–Crippen LogP) is 3.35. The first kappa shape index (κ1) is 16.1. The molecule has 1 aliphatic carbocycles. The summed E-state index contributed by atoms with van der Waals surface area (Å²) in [5.74, 6) is 2.74. The molecule has 4 atom stereocenters. The van der Waals surface area contributed by atoms with Crippen LogP contribution in [0.3, 0.4) is 0 Å². The standard InChI is InChI=1S/C19H27NO/c1-3-5-7-10-16-11-8-14-19(20-16)15-9-13-18(21)17(19)12-6-4-2/h1,4-7,12,16-18,20-21H,2,8-11,13-15H2/b7-5-,12-6+/t16-,17-,18-,19-/m1/s1. The maximum atomic E-state index is 10.4. The van der Waals surface area contributed by atoms with Crippen molar-refractivity contribution in [3.8, 4) is 12.3 Å². The van der Waals surface area contributed by atoms with Crippen molar-refractivity contribution in [3.05, 3.63) is 37.0 Å². The van der Waals surface area contributed by atoms with Gasteiger partial charge in [-0.1, -0.05) is 43.2 Å². The van der Waals surface area contributed by atoms with Crippen molar-refractivity contribution < 1.29 is 5.11 Å². The lowest BCUT2D eigenvalue weighted by atomic mass is 9.66. The topological polar surface area (TPSA) is 32.3 Å². The molecule has 2 aliphatic rings. The van der Waals surface area contributed by atoms with Gasteiger partial charge in [0.15, 0.2) is 0 Å². The van der Waals surface area contributed by atoms with Crippen molar-refractivity contribution in [2.75, 3.05) is 0 Å². The fourth-order valence-electron chi connectivity index (χ4n) is 4.00. The fourth-order valence-corrected chi connectivity index (χ4v) is 4.00. The first-order valence-electron chi connectivity index (χ1n) is 8.08. The van der Waals surface area contributed by atoms with Gasteiger partial charge in [-0.15, -0.1) is 6.42 Å². The van der Waals surface area contributed by atoms with Crippen molar-refractivity contribution >= 4 is 0 Å². The van der Waals surface area contributed by atoms with Crippen molar-refractivity contribution in [1.29, 1.82) is 0 Å². The Morgan fingerprint density at radius 3 is 2.81 bits per heavy atom. The predicted molar refractivity (Wildman–Crippen MR) is 88.8 cm³/mol. The molecule has 0 amide bonds. The van der Waals surface area contributed by atoms with Crippen LogP contribution in [0.4, 0.5) is 0 Å². The Balaban J connectivity index is 2.12. The minimum absolute atomic E-state index is 0.0457. The zero-order chi connectivity index (χ0) is 15.1. The SMILES string of the molecule is C#C/C=C\C[C@@H]1CCC[C@]2(CCC[C@@H](O)[C@H]2/C=C/C=C)N1. The first-order valence-corrected chi connectivity index (χ1v) is 8.08. The van der Waals surface area contributed by atoms with Crippen LogP contribution in [0.25, 0.3) is 0 Å². The van der Waals surface area contributed by atoms with Gasteiger partial charge in [0, 0.05) is 17.5 Å². The quantitative estimate of drug-likeness (QED) is 0.613. The molecule has 2 heteroatoms. The van der Waals surface area contributed by atoms with E-state index in [0.717, 1.165) is 32.1 Å². The minimum Gasteiger partial charge on any atom is -0.392 e. The Morgan fingerprint density at radius 1 is 1.33 bits per heavy atom. The largest absolute Gasteiger partial charge is 0.392 e. The van der Waals surface area contributed by atoms with Gasteiger partial charge in [-0.05, 0) is 44.6 Å². The van der Waals surface area contributed by atoms with Crippen molar-refractivity contribution in [2.45, 2.75) is 62.6 Å². The lowest BCUT2D eigenvalue weighted by Crippen LogP contribution is -2.61. The summed E-state index contributed by atoms with van der Waals surface area (Å²) in [4.78, 5) is 0. The highest BCUT2D eigenvalue weighted by molar-refractivity contribution is 5.15. The molecule has 2 rings (SSSR count). The molecular weight excluding hydrogens is 258 g/mol. The Bertz CT molecular complexity index is 441. The Hall–Kier alpha value is -1.30. The molecule has 1 saturated carbocycles. The van der Waals surface area contributed by atoms with Gasteiger partial charge < -0.3 is 10.4 Å². The number of rotatable bonds is 4. The first-order chi connectivity index (χ1) is 10.2. The van der Waals surface area contributed by atoms with Crippen LogP contribution in [0.5, 0.6) is 0 Å². The Morgan fingerprint density at radius 2 is 2.10 bits per heavy atom. The van der Waals surface area contributed by atoms with E-state index >= 15 is 0 Å². The van der Waals surface area contributed by atoms with Crippen LogP contribution < -0.4 is 5.32 Å². The molecule has 0 aromatic rings. The number of nitrogens with one attached hydrogen (secondary N) is 1. The van der Waals surface area contributed by atoms with E-state index in [0.29, 0.717) is 6.04 Å². The average Bonchev–Trinajstić information content (AvgIpc) is 2.47. The average molecular weight is 285 g/mol. The lowest BCUT2D eigenvalue weighted by Gasteiger charge is -2.51. The Labute approximate surface area is 129 Å². The van der Waals surface area contributed by atoms with Crippen molar-refractivity contribution in [3.63, 3.8) is 0 Å². The van der Waals surface area contributed by atoms with E-state index in [1.54, 1.807) is 12.2 Å². The highest BCUT2D eigenvalue weighted by atomic mass is 16.3. The fraction of sp³-hybridized carbons (Fsp3) is 0.579. The van der Waals surface area contributed by atoms with Gasteiger partial charge in [0.2, 0.25) is 0 Å². The number of piperidine rings is 1. The summed E-state index contributed by atoms with van der Waals surface area (Å²) in [6.07, 6.45) is 22.5. The molecule has 0 aromatic carbocycles. The summed E-state index contributed by atoms with van der Waals surface area (Å²) in [6, 6.07) is 0.466. The number of hydrogen-bond acceptors (Lipinski definition) is 2. The third kappa shape index (κ3) is 3.87. The smallest absolute Gasteiger partial charge is 0.0620 e. The molecule has 1 heterocycles. The number of aliphatic hydroxyl groups excluding tert-OH is 1. The van der Waals surface area contributed by atoms with Crippen LogP contribution in [0.1, 0.15) is 44.9 Å². The number of hydrogen-bond donors (Lipinski definition) is 2. The highest BCUT2D eigenvalue weighted by Crippen LogP contribution is 2.41. The van der Waals surface area contributed by atoms with Crippen LogP contribution in [-0.4, -0.2) is 22.8 Å². The van der Waals surface area contributed by atoms with Crippen molar-refractivity contribution in [2.24, 2.45) is 5.92 Å². The minimum atomic E-state index is -0.248. The molecule has 0 radical (unpaired) electrons. The van der Waals surface area contributed by atoms with Gasteiger partial charge in [0.1, 0.15) is 0 Å². The van der Waals surface area contributed by atoms with E-state index in [9.17, 15) is 5.11 Å². The molecule has 1 spiro atoms. The number of allylic oxidation sites excluding steroid dienone is 3. The summed E-state index contributed by atoms with van der Waals surface area (Å²) in [7, 11) is 0. The molecule has 2 fully saturated rings. The van der Waals surface area contributed by atoms with E-state index in [-0.39, 0.29) is 17.6 Å². The second-order valence-corrected chi connectivity index (χ2v) is 6.30. The summed E-state index contributed by atoms with van der Waals surface area (Å²) < 4.78 is 0. The normalized spacial score (nSPS) is 37.0. The molecule has 114 valence electrons. The third-order valence-electron chi connectivity index (χ3n) is 4.93. The molecule has 21 heavy (non-hydrogen) atoms. The van der Waals surface area contributed by atoms with Gasteiger partial charge >= 0.3 is 0 Å². The van der Waals surface area contributed by atoms with E-state index < -0.39 is 0 Å². The van der Waals surface area contributed by atoms with Gasteiger partial charge in [0.05, 0.1) is 6.10 Å². The molecule has 1 saturated heterocycles. The summed E-state index contributed by atoms with van der Waals surface area (Å²) in [6.45, 7) is 3.75. The van der Waals surface area contributed by atoms with E-state index in [2.05, 4.69) is 30.0 Å². The number of aliphatic hydroxyl groups is 1. The van der Waals surface area contributed by atoms with E-state index in [1.165, 1.54) is 12.8 Å². The molecule has 0 aromatic heterocycles. The number of terminal acetylenes is 1. The summed E-state index contributed by atoms with van der Waals surface area (Å²) in [5.41, 5.74) is 0.0457. The summed E-state index contributed by atoms with van der Waals surface area (Å²) >= 11 is 0. The summed E-state index contributed by atoms with van der Waals surface area (Å²) in [5, 5.41) is 14.3. The van der Waals surface area contributed by atoms with Crippen LogP contribution in [0, 0.1) is 18.3 Å². The van der Waals surface area contributed by atoms with Crippen LogP contribution >= 0.6 is 0 Å². The van der Waals surface area contributed by atoms with Gasteiger partial charge in [-0.2, -0.15) is 0 Å². The zero-order valence-corrected chi connectivity index (χ0v) is 12.8. The second-order valence-electron chi connectivity index (χ2n) is 6.30. The molecular formula is C19H27NO. The zero-order valence-electron chi connectivity index (χ0n) is 12.8. The molecule has 1 aliphatic heterocycles.